The topological polar surface area (TPSA) is 68.3 Å². The van der Waals surface area contributed by atoms with Crippen molar-refractivity contribution in [3.63, 3.8) is 0 Å². The highest BCUT2D eigenvalue weighted by atomic mass is 16.5. The molecular formula is C12H22N4O2. The van der Waals surface area contributed by atoms with Gasteiger partial charge in [0.15, 0.2) is 11.6 Å². The number of hydrogen-bond acceptors (Lipinski definition) is 6. The van der Waals surface area contributed by atoms with Crippen LogP contribution in [0.1, 0.15) is 20.8 Å². The van der Waals surface area contributed by atoms with Crippen molar-refractivity contribution in [2.75, 3.05) is 37.4 Å². The second-order valence-electron chi connectivity index (χ2n) is 3.78. The van der Waals surface area contributed by atoms with E-state index in [9.17, 15) is 0 Å². The number of rotatable bonds is 8. The van der Waals surface area contributed by atoms with Crippen molar-refractivity contribution in [3.8, 4) is 5.75 Å². The molecule has 0 saturated heterocycles. The fourth-order valence-corrected chi connectivity index (χ4v) is 1.57. The van der Waals surface area contributed by atoms with Crippen LogP contribution < -0.4 is 15.4 Å². The van der Waals surface area contributed by atoms with Crippen molar-refractivity contribution in [2.24, 2.45) is 0 Å². The Balaban J connectivity index is 2.72. The summed E-state index contributed by atoms with van der Waals surface area (Å²) in [6.45, 7) is 8.15. The third kappa shape index (κ3) is 4.03. The zero-order valence-electron chi connectivity index (χ0n) is 11.5. The third-order valence-corrected chi connectivity index (χ3v) is 2.36. The Morgan fingerprint density at radius 1 is 1.22 bits per heavy atom. The van der Waals surface area contributed by atoms with Crippen LogP contribution in [0.2, 0.25) is 0 Å². The zero-order valence-corrected chi connectivity index (χ0v) is 11.5. The van der Waals surface area contributed by atoms with E-state index in [1.54, 1.807) is 7.11 Å². The van der Waals surface area contributed by atoms with Crippen LogP contribution in [0.25, 0.3) is 0 Å². The van der Waals surface area contributed by atoms with E-state index >= 15 is 0 Å². The number of nitrogens with one attached hydrogen (secondary N) is 2. The highest BCUT2D eigenvalue weighted by Crippen LogP contribution is 2.28. The van der Waals surface area contributed by atoms with Crippen molar-refractivity contribution in [1.29, 1.82) is 0 Å². The molecule has 0 bridgehead atoms. The lowest BCUT2D eigenvalue weighted by Crippen LogP contribution is -2.21. The molecule has 6 heteroatoms. The number of ether oxygens (including phenoxy) is 2. The van der Waals surface area contributed by atoms with E-state index < -0.39 is 0 Å². The predicted molar refractivity (Wildman–Crippen MR) is 72.3 cm³/mol. The van der Waals surface area contributed by atoms with Crippen LogP contribution in [0.5, 0.6) is 5.75 Å². The molecule has 0 fully saturated rings. The van der Waals surface area contributed by atoms with Gasteiger partial charge in [0.05, 0.1) is 13.2 Å². The van der Waals surface area contributed by atoms with E-state index in [2.05, 4.69) is 20.6 Å². The van der Waals surface area contributed by atoms with Gasteiger partial charge in [0.2, 0.25) is 5.75 Å². The van der Waals surface area contributed by atoms with E-state index in [0.717, 1.165) is 6.54 Å². The predicted octanol–water partition coefficient (Wildman–Crippen LogP) is 1.75. The van der Waals surface area contributed by atoms with Gasteiger partial charge in [-0.15, -0.1) is 0 Å². The molecule has 0 saturated carbocycles. The Bertz CT molecular complexity index is 360. The fraction of sp³-hybridized carbons (Fsp3) is 0.667. The van der Waals surface area contributed by atoms with Crippen LogP contribution in [0.15, 0.2) is 6.33 Å². The summed E-state index contributed by atoms with van der Waals surface area (Å²) in [5.41, 5.74) is 0. The van der Waals surface area contributed by atoms with Gasteiger partial charge >= 0.3 is 0 Å². The smallest absolute Gasteiger partial charge is 0.204 e. The lowest BCUT2D eigenvalue weighted by molar-refractivity contribution is 0.0854. The molecule has 1 aromatic rings. The number of aromatic nitrogens is 2. The maximum Gasteiger partial charge on any atom is 0.204 e. The summed E-state index contributed by atoms with van der Waals surface area (Å²) < 4.78 is 10.8. The molecule has 0 aliphatic carbocycles. The minimum Gasteiger partial charge on any atom is -0.490 e. The van der Waals surface area contributed by atoms with Gasteiger partial charge in [0.25, 0.3) is 0 Å². The molecule has 1 unspecified atom stereocenters. The summed E-state index contributed by atoms with van der Waals surface area (Å²) in [6, 6.07) is 0. The van der Waals surface area contributed by atoms with Crippen molar-refractivity contribution in [1.82, 2.24) is 9.97 Å². The molecule has 6 nitrogen and oxygen atoms in total. The fourth-order valence-electron chi connectivity index (χ4n) is 1.57. The van der Waals surface area contributed by atoms with Crippen LogP contribution in [-0.4, -0.2) is 42.9 Å². The monoisotopic (exact) mass is 254 g/mol. The van der Waals surface area contributed by atoms with Crippen molar-refractivity contribution < 1.29 is 9.47 Å². The second-order valence-corrected chi connectivity index (χ2v) is 3.78. The molecular weight excluding hydrogens is 232 g/mol. The Labute approximate surface area is 108 Å². The molecule has 0 spiro atoms. The molecule has 1 rings (SSSR count). The van der Waals surface area contributed by atoms with E-state index in [0.29, 0.717) is 30.5 Å². The van der Waals surface area contributed by atoms with Crippen LogP contribution in [0.3, 0.4) is 0 Å². The summed E-state index contributed by atoms with van der Waals surface area (Å²) in [5.74, 6) is 2.00. The molecule has 2 N–H and O–H groups in total. The van der Waals surface area contributed by atoms with Gasteiger partial charge in [0, 0.05) is 19.7 Å². The van der Waals surface area contributed by atoms with E-state index in [4.69, 9.17) is 9.47 Å². The van der Waals surface area contributed by atoms with Crippen molar-refractivity contribution >= 4 is 11.6 Å². The van der Waals surface area contributed by atoms with E-state index in [1.807, 2.05) is 20.8 Å². The molecule has 1 atom stereocenters. The molecule has 102 valence electrons. The van der Waals surface area contributed by atoms with E-state index in [-0.39, 0.29) is 6.10 Å². The minimum absolute atomic E-state index is 0.122. The first-order valence-corrected chi connectivity index (χ1v) is 6.21. The average molecular weight is 254 g/mol. The number of hydrogen-bond donors (Lipinski definition) is 2. The molecule has 0 amide bonds. The number of nitrogens with zero attached hydrogens (tertiary/aromatic N) is 2. The van der Waals surface area contributed by atoms with E-state index in [1.165, 1.54) is 6.33 Å². The Morgan fingerprint density at radius 2 is 1.89 bits per heavy atom. The van der Waals surface area contributed by atoms with Crippen molar-refractivity contribution in [3.05, 3.63) is 6.33 Å². The van der Waals surface area contributed by atoms with Gasteiger partial charge in [-0.05, 0) is 20.8 Å². The molecule has 1 heterocycles. The molecule has 1 aromatic heterocycles. The lowest BCUT2D eigenvalue weighted by Gasteiger charge is -2.16. The third-order valence-electron chi connectivity index (χ3n) is 2.36. The first-order valence-electron chi connectivity index (χ1n) is 6.21. The normalized spacial score (nSPS) is 12.0. The zero-order chi connectivity index (χ0) is 13.4. The van der Waals surface area contributed by atoms with Gasteiger partial charge < -0.3 is 20.1 Å². The van der Waals surface area contributed by atoms with Crippen LogP contribution in [-0.2, 0) is 4.74 Å². The van der Waals surface area contributed by atoms with Crippen LogP contribution in [0, 0.1) is 0 Å². The van der Waals surface area contributed by atoms with Crippen molar-refractivity contribution in [2.45, 2.75) is 26.9 Å². The first-order chi connectivity index (χ1) is 8.72. The summed E-state index contributed by atoms with van der Waals surface area (Å²) in [5, 5.41) is 6.34. The number of anilines is 2. The highest BCUT2D eigenvalue weighted by Gasteiger charge is 2.12. The summed E-state index contributed by atoms with van der Waals surface area (Å²) in [7, 11) is 1.61. The number of methoxy groups -OCH3 is 1. The summed E-state index contributed by atoms with van der Waals surface area (Å²) in [4.78, 5) is 8.33. The van der Waals surface area contributed by atoms with Gasteiger partial charge in [-0.1, -0.05) is 0 Å². The highest BCUT2D eigenvalue weighted by molar-refractivity contribution is 5.63. The van der Waals surface area contributed by atoms with Gasteiger partial charge in [-0.3, -0.25) is 0 Å². The SMILES string of the molecule is CCNc1ncnc(NCC(C)OCC)c1OC. The molecule has 0 aromatic carbocycles. The standard InChI is InChI=1S/C12H22N4O2/c1-5-13-11-10(17-4)12(16-8-15-11)14-7-9(3)18-6-2/h8-9H,5-7H2,1-4H3,(H2,13,14,15,16). The molecule has 0 radical (unpaired) electrons. The lowest BCUT2D eigenvalue weighted by atomic mass is 10.4. The summed E-state index contributed by atoms with van der Waals surface area (Å²) in [6.07, 6.45) is 1.63. The van der Waals surface area contributed by atoms with Crippen LogP contribution in [0.4, 0.5) is 11.6 Å². The Kier molecular flexibility index (Phi) is 6.21. The maximum atomic E-state index is 5.45. The van der Waals surface area contributed by atoms with Crippen LogP contribution >= 0.6 is 0 Å². The molecule has 0 aliphatic rings. The first kappa shape index (κ1) is 14.5. The van der Waals surface area contributed by atoms with Gasteiger partial charge in [-0.2, -0.15) is 0 Å². The maximum absolute atomic E-state index is 5.45. The molecule has 18 heavy (non-hydrogen) atoms. The summed E-state index contributed by atoms with van der Waals surface area (Å²) >= 11 is 0. The minimum atomic E-state index is 0.122. The largest absolute Gasteiger partial charge is 0.490 e. The Morgan fingerprint density at radius 3 is 2.44 bits per heavy atom. The Hall–Kier alpha value is -1.56. The van der Waals surface area contributed by atoms with Gasteiger partial charge in [-0.25, -0.2) is 9.97 Å². The molecule has 0 aliphatic heterocycles. The average Bonchev–Trinajstić information content (AvgIpc) is 2.37. The second kappa shape index (κ2) is 7.71. The quantitative estimate of drug-likeness (QED) is 0.736. The van der Waals surface area contributed by atoms with Gasteiger partial charge in [0.1, 0.15) is 6.33 Å².